The van der Waals surface area contributed by atoms with Crippen molar-refractivity contribution in [2.75, 3.05) is 13.7 Å². The van der Waals surface area contributed by atoms with Crippen LogP contribution in [0.5, 0.6) is 5.75 Å². The molecule has 1 N–H and O–H groups in total. The predicted molar refractivity (Wildman–Crippen MR) is 128 cm³/mol. The van der Waals surface area contributed by atoms with Gasteiger partial charge in [-0.3, -0.25) is 9.59 Å². The van der Waals surface area contributed by atoms with Crippen molar-refractivity contribution in [2.45, 2.75) is 57.3 Å². The Labute approximate surface area is 194 Å². The van der Waals surface area contributed by atoms with Crippen molar-refractivity contribution in [1.82, 2.24) is 10.3 Å². The maximum Gasteiger partial charge on any atom is 0.264 e. The smallest absolute Gasteiger partial charge is 0.264 e. The molecular weight excluding hydrogens is 416 g/mol. The molecule has 1 saturated carbocycles. The second kappa shape index (κ2) is 11.1. The van der Waals surface area contributed by atoms with E-state index in [1.807, 2.05) is 30.3 Å². The van der Waals surface area contributed by atoms with Gasteiger partial charge in [-0.1, -0.05) is 62.4 Å². The zero-order valence-electron chi connectivity index (χ0n) is 19.2. The number of nitrogens with zero attached hydrogens (tertiary/aromatic N) is 1. The highest BCUT2D eigenvalue weighted by molar-refractivity contribution is 5.99. The fraction of sp³-hybridized carbons (Fsp3) is 0.444. The molecule has 1 amide bonds. The summed E-state index contributed by atoms with van der Waals surface area (Å²) in [6.07, 6.45) is 8.39. The summed E-state index contributed by atoms with van der Waals surface area (Å²) >= 11 is 0. The summed E-state index contributed by atoms with van der Waals surface area (Å²) in [5.74, 6) is 0.839. The van der Waals surface area contributed by atoms with Crippen LogP contribution < -0.4 is 10.1 Å². The third kappa shape index (κ3) is 6.01. The monoisotopic (exact) mass is 448 g/mol. The van der Waals surface area contributed by atoms with Crippen LogP contribution in [0.4, 0.5) is 0 Å². The van der Waals surface area contributed by atoms with Crippen LogP contribution in [-0.2, 0) is 4.79 Å². The molecule has 3 aromatic rings. The Bertz CT molecular complexity index is 1070. The number of amides is 1. The van der Waals surface area contributed by atoms with E-state index in [0.717, 1.165) is 12.0 Å². The van der Waals surface area contributed by atoms with Crippen LogP contribution in [0.1, 0.15) is 73.5 Å². The average molecular weight is 449 g/mol. The molecule has 1 unspecified atom stereocenters. The first kappa shape index (κ1) is 23.0. The number of benzene rings is 2. The Kier molecular flexibility index (Phi) is 7.76. The van der Waals surface area contributed by atoms with E-state index in [0.29, 0.717) is 42.2 Å². The molecule has 33 heavy (non-hydrogen) atoms. The van der Waals surface area contributed by atoms with Crippen molar-refractivity contribution in [3.05, 3.63) is 60.0 Å². The van der Waals surface area contributed by atoms with E-state index in [1.54, 1.807) is 25.3 Å². The van der Waals surface area contributed by atoms with E-state index in [1.165, 1.54) is 32.1 Å². The van der Waals surface area contributed by atoms with Crippen molar-refractivity contribution in [1.29, 1.82) is 0 Å². The minimum Gasteiger partial charge on any atom is -0.497 e. The van der Waals surface area contributed by atoms with Gasteiger partial charge in [0, 0.05) is 19.0 Å². The lowest BCUT2D eigenvalue weighted by atomic mass is 9.86. The molecule has 1 heterocycles. The van der Waals surface area contributed by atoms with Crippen LogP contribution in [0.3, 0.4) is 0 Å². The number of aromatic nitrogens is 1. The third-order valence-corrected chi connectivity index (χ3v) is 6.58. The molecule has 1 aliphatic carbocycles. The topological polar surface area (TPSA) is 81.4 Å². The Morgan fingerprint density at radius 1 is 1.12 bits per heavy atom. The molecule has 0 saturated heterocycles. The standard InChI is InChI=1S/C27H32N2O4/c1-32-21-13-14-23-24(18-21)33-27(29-23)26(31)22(20-10-6-3-7-11-20)16-17-28-25(30)15-12-19-8-4-2-5-9-19/h3,6-7,10-11,13-14,18-19,22H,2,4-5,8-9,12,15-17H2,1H3,(H,28,30). The van der Waals surface area contributed by atoms with Gasteiger partial charge in [0.2, 0.25) is 11.7 Å². The Morgan fingerprint density at radius 3 is 2.67 bits per heavy atom. The van der Waals surface area contributed by atoms with Gasteiger partial charge < -0.3 is 14.5 Å². The molecule has 1 atom stereocenters. The molecule has 6 heteroatoms. The highest BCUT2D eigenvalue weighted by Gasteiger charge is 2.26. The molecule has 4 rings (SSSR count). The highest BCUT2D eigenvalue weighted by Crippen LogP contribution is 2.28. The molecule has 174 valence electrons. The summed E-state index contributed by atoms with van der Waals surface area (Å²) in [6, 6.07) is 14.9. The van der Waals surface area contributed by atoms with Crippen molar-refractivity contribution >= 4 is 22.8 Å². The predicted octanol–water partition coefficient (Wildman–Crippen LogP) is 5.67. The van der Waals surface area contributed by atoms with Gasteiger partial charge in [0.1, 0.15) is 11.3 Å². The summed E-state index contributed by atoms with van der Waals surface area (Å²) in [5.41, 5.74) is 2.02. The van der Waals surface area contributed by atoms with Crippen LogP contribution >= 0.6 is 0 Å². The highest BCUT2D eigenvalue weighted by atomic mass is 16.5. The maximum absolute atomic E-state index is 13.4. The fourth-order valence-electron chi connectivity index (χ4n) is 4.68. The number of methoxy groups -OCH3 is 1. The van der Waals surface area contributed by atoms with Gasteiger partial charge in [0.15, 0.2) is 5.58 Å². The lowest BCUT2D eigenvalue weighted by molar-refractivity contribution is -0.121. The number of rotatable bonds is 10. The average Bonchev–Trinajstić information content (AvgIpc) is 3.29. The normalized spacial score (nSPS) is 15.3. The second-order valence-corrected chi connectivity index (χ2v) is 8.86. The summed E-state index contributed by atoms with van der Waals surface area (Å²) in [7, 11) is 1.58. The first-order valence-corrected chi connectivity index (χ1v) is 11.9. The summed E-state index contributed by atoms with van der Waals surface area (Å²) < 4.78 is 11.0. The summed E-state index contributed by atoms with van der Waals surface area (Å²) in [4.78, 5) is 30.2. The van der Waals surface area contributed by atoms with E-state index < -0.39 is 5.92 Å². The minimum absolute atomic E-state index is 0.0637. The number of carbonyl (C=O) groups is 2. The minimum atomic E-state index is -0.445. The third-order valence-electron chi connectivity index (χ3n) is 6.58. The van der Waals surface area contributed by atoms with Crippen molar-refractivity contribution in [3.63, 3.8) is 0 Å². The number of oxazole rings is 1. The van der Waals surface area contributed by atoms with Gasteiger partial charge in [-0.15, -0.1) is 0 Å². The van der Waals surface area contributed by atoms with Gasteiger partial charge in [-0.2, -0.15) is 0 Å². The maximum atomic E-state index is 13.4. The van der Waals surface area contributed by atoms with Crippen LogP contribution in [0, 0.1) is 5.92 Å². The number of hydrogen-bond acceptors (Lipinski definition) is 5. The van der Waals surface area contributed by atoms with Gasteiger partial charge in [-0.05, 0) is 36.5 Å². The first-order chi connectivity index (χ1) is 16.1. The Balaban J connectivity index is 1.40. The van der Waals surface area contributed by atoms with E-state index in [-0.39, 0.29) is 17.6 Å². The summed E-state index contributed by atoms with van der Waals surface area (Å²) in [6.45, 7) is 0.433. The Hall–Kier alpha value is -3.15. The molecule has 2 aromatic carbocycles. The SMILES string of the molecule is COc1ccc2nc(C(=O)C(CCNC(=O)CCC3CCCCC3)c3ccccc3)oc2c1. The molecule has 0 spiro atoms. The molecule has 0 radical (unpaired) electrons. The molecule has 0 aliphatic heterocycles. The number of carbonyl (C=O) groups excluding carboxylic acids is 2. The molecule has 1 aliphatic rings. The van der Waals surface area contributed by atoms with Crippen LogP contribution in [-0.4, -0.2) is 30.3 Å². The van der Waals surface area contributed by atoms with E-state index in [9.17, 15) is 9.59 Å². The number of ketones is 1. The zero-order valence-corrected chi connectivity index (χ0v) is 19.2. The number of hydrogen-bond donors (Lipinski definition) is 1. The molecular formula is C27H32N2O4. The van der Waals surface area contributed by atoms with Crippen molar-refractivity contribution < 1.29 is 18.7 Å². The largest absolute Gasteiger partial charge is 0.497 e. The van der Waals surface area contributed by atoms with Gasteiger partial charge >= 0.3 is 0 Å². The van der Waals surface area contributed by atoms with Crippen LogP contribution in [0.15, 0.2) is 52.9 Å². The van der Waals surface area contributed by atoms with Crippen LogP contribution in [0.25, 0.3) is 11.1 Å². The van der Waals surface area contributed by atoms with E-state index in [4.69, 9.17) is 9.15 Å². The van der Waals surface area contributed by atoms with Gasteiger partial charge in [0.05, 0.1) is 13.0 Å². The van der Waals surface area contributed by atoms with Crippen LogP contribution in [0.2, 0.25) is 0 Å². The molecule has 1 fully saturated rings. The number of ether oxygens (including phenoxy) is 1. The summed E-state index contributed by atoms with van der Waals surface area (Å²) in [5, 5.41) is 3.01. The van der Waals surface area contributed by atoms with E-state index in [2.05, 4.69) is 10.3 Å². The Morgan fingerprint density at radius 2 is 1.91 bits per heavy atom. The molecule has 6 nitrogen and oxygen atoms in total. The molecule has 1 aromatic heterocycles. The lowest BCUT2D eigenvalue weighted by Crippen LogP contribution is -2.27. The van der Waals surface area contributed by atoms with Gasteiger partial charge in [-0.25, -0.2) is 4.98 Å². The quantitative estimate of drug-likeness (QED) is 0.404. The number of Topliss-reactive ketones (excluding diaryl/α,β-unsaturated/α-hetero) is 1. The molecule has 0 bridgehead atoms. The second-order valence-electron chi connectivity index (χ2n) is 8.86. The number of fused-ring (bicyclic) bond motifs is 1. The van der Waals surface area contributed by atoms with E-state index >= 15 is 0 Å². The fourth-order valence-corrected chi connectivity index (χ4v) is 4.68. The number of nitrogens with one attached hydrogen (secondary N) is 1. The van der Waals surface area contributed by atoms with Crippen molar-refractivity contribution in [3.8, 4) is 5.75 Å². The first-order valence-electron chi connectivity index (χ1n) is 11.9. The lowest BCUT2D eigenvalue weighted by Gasteiger charge is -2.21. The van der Waals surface area contributed by atoms with Crippen molar-refractivity contribution in [2.24, 2.45) is 5.92 Å². The zero-order chi connectivity index (χ0) is 23.0. The van der Waals surface area contributed by atoms with Gasteiger partial charge in [0.25, 0.3) is 5.89 Å².